The maximum atomic E-state index is 12.7. The van der Waals surface area contributed by atoms with Crippen molar-refractivity contribution < 1.29 is 14.3 Å². The highest BCUT2D eigenvalue weighted by Crippen LogP contribution is 2.33. The molecular weight excluding hydrogens is 372 g/mol. The van der Waals surface area contributed by atoms with Crippen molar-refractivity contribution in [1.29, 1.82) is 0 Å². The molecule has 2 aliphatic rings. The van der Waals surface area contributed by atoms with Gasteiger partial charge in [0.15, 0.2) is 0 Å². The van der Waals surface area contributed by atoms with Gasteiger partial charge in [-0.05, 0) is 61.4 Å². The highest BCUT2D eigenvalue weighted by molar-refractivity contribution is 7.14. The molecule has 1 N–H and O–H groups in total. The first kappa shape index (κ1) is 19.0. The smallest absolute Gasteiger partial charge is 0.263 e. The number of carbonyl (C=O) groups is 2. The Bertz CT molecular complexity index is 870. The van der Waals surface area contributed by atoms with Crippen molar-refractivity contribution in [3.8, 4) is 5.75 Å². The fraction of sp³-hybridized carbons (Fsp3) is 0.455. The van der Waals surface area contributed by atoms with Gasteiger partial charge in [0.1, 0.15) is 5.75 Å². The summed E-state index contributed by atoms with van der Waals surface area (Å²) in [5.41, 5.74) is 2.21. The number of nitrogens with zero attached hydrogens (tertiary/aromatic N) is 1. The molecule has 1 aliphatic carbocycles. The first-order valence-corrected chi connectivity index (χ1v) is 10.8. The largest absolute Gasteiger partial charge is 0.497 e. The molecule has 0 saturated carbocycles. The van der Waals surface area contributed by atoms with Crippen LogP contribution in [-0.4, -0.2) is 36.9 Å². The Kier molecular flexibility index (Phi) is 5.67. The molecule has 148 valence electrons. The number of hydrogen-bond acceptors (Lipinski definition) is 4. The van der Waals surface area contributed by atoms with E-state index in [4.69, 9.17) is 4.74 Å². The van der Waals surface area contributed by atoms with E-state index in [9.17, 15) is 9.59 Å². The van der Waals surface area contributed by atoms with Gasteiger partial charge < -0.3 is 15.0 Å². The van der Waals surface area contributed by atoms with E-state index >= 15 is 0 Å². The topological polar surface area (TPSA) is 58.6 Å². The Morgan fingerprint density at radius 1 is 1.25 bits per heavy atom. The van der Waals surface area contributed by atoms with Crippen molar-refractivity contribution in [2.75, 3.05) is 20.2 Å². The molecule has 6 heteroatoms. The minimum atomic E-state index is -0.0255. The highest BCUT2D eigenvalue weighted by Gasteiger charge is 2.29. The van der Waals surface area contributed by atoms with E-state index in [1.54, 1.807) is 18.4 Å². The number of nitrogens with one attached hydrogen (secondary N) is 1. The van der Waals surface area contributed by atoms with Gasteiger partial charge in [0.2, 0.25) is 5.91 Å². The molecule has 0 radical (unpaired) electrons. The number of methoxy groups -OCH3 is 1. The number of ether oxygens (including phenoxy) is 1. The quantitative estimate of drug-likeness (QED) is 0.840. The van der Waals surface area contributed by atoms with Crippen LogP contribution >= 0.6 is 11.3 Å². The molecule has 2 amide bonds. The lowest BCUT2D eigenvalue weighted by atomic mass is 9.87. The number of rotatable bonds is 5. The molecule has 1 aliphatic heterocycles. The molecular formula is C22H26N2O3S. The Hall–Kier alpha value is -2.34. The molecule has 0 spiro atoms. The molecule has 1 aromatic heterocycles. The van der Waals surface area contributed by atoms with Gasteiger partial charge in [-0.3, -0.25) is 9.59 Å². The predicted octanol–water partition coefficient (Wildman–Crippen LogP) is 3.41. The van der Waals surface area contributed by atoms with Crippen molar-refractivity contribution >= 4 is 23.2 Å². The number of amides is 2. The minimum absolute atomic E-state index is 0.0255. The molecule has 1 fully saturated rings. The summed E-state index contributed by atoms with van der Waals surface area (Å²) < 4.78 is 5.23. The first-order chi connectivity index (χ1) is 13.6. The van der Waals surface area contributed by atoms with E-state index in [1.165, 1.54) is 10.4 Å². The number of thiophene rings is 1. The fourth-order valence-electron chi connectivity index (χ4n) is 4.04. The van der Waals surface area contributed by atoms with Crippen LogP contribution in [0.1, 0.15) is 44.9 Å². The second kappa shape index (κ2) is 8.35. The summed E-state index contributed by atoms with van der Waals surface area (Å²) in [6, 6.07) is 9.77. The van der Waals surface area contributed by atoms with Crippen LogP contribution in [0.3, 0.4) is 0 Å². The zero-order chi connectivity index (χ0) is 19.5. The third-order valence-electron chi connectivity index (χ3n) is 5.66. The van der Waals surface area contributed by atoms with Crippen molar-refractivity contribution in [2.24, 2.45) is 5.92 Å². The fourth-order valence-corrected chi connectivity index (χ4v) is 5.22. The molecule has 1 saturated heterocycles. The maximum absolute atomic E-state index is 12.7. The average Bonchev–Trinajstić information content (AvgIpc) is 3.41. The molecule has 28 heavy (non-hydrogen) atoms. The molecule has 0 bridgehead atoms. The number of likely N-dealkylation sites (tertiary alicyclic amines) is 1. The summed E-state index contributed by atoms with van der Waals surface area (Å²) in [5.74, 6) is 1.02. The maximum Gasteiger partial charge on any atom is 0.263 e. The van der Waals surface area contributed by atoms with Crippen LogP contribution in [0.5, 0.6) is 5.75 Å². The van der Waals surface area contributed by atoms with E-state index in [0.29, 0.717) is 6.54 Å². The number of fused-ring (bicyclic) bond motifs is 1. The lowest BCUT2D eigenvalue weighted by molar-refractivity contribution is -0.125. The molecule has 2 aromatic rings. The number of aryl methyl sites for hydroxylation is 1. The second-order valence-corrected chi connectivity index (χ2v) is 8.70. The molecule has 5 nitrogen and oxygen atoms in total. The van der Waals surface area contributed by atoms with Crippen LogP contribution in [0.25, 0.3) is 0 Å². The summed E-state index contributed by atoms with van der Waals surface area (Å²) >= 11 is 1.62. The summed E-state index contributed by atoms with van der Waals surface area (Å²) in [4.78, 5) is 29.4. The van der Waals surface area contributed by atoms with Crippen LogP contribution in [0, 0.1) is 5.92 Å². The van der Waals surface area contributed by atoms with Gasteiger partial charge in [-0.25, -0.2) is 0 Å². The lowest BCUT2D eigenvalue weighted by Gasteiger charge is -2.21. The number of hydrogen-bond donors (Lipinski definition) is 1. The second-order valence-electron chi connectivity index (χ2n) is 7.57. The first-order valence-electron chi connectivity index (χ1n) is 9.95. The SMILES string of the molecule is COc1cccc(CNC(=O)C2CCc3sc(C(=O)N4CCCC4)cc3C2)c1. The third-order valence-corrected chi connectivity index (χ3v) is 6.88. The minimum Gasteiger partial charge on any atom is -0.497 e. The number of carbonyl (C=O) groups excluding carboxylic acids is 2. The molecule has 1 unspecified atom stereocenters. The van der Waals surface area contributed by atoms with E-state index in [-0.39, 0.29) is 17.7 Å². The standard InChI is InChI=1S/C22H26N2O3S/c1-27-18-6-4-5-15(11-18)14-23-21(25)16-7-8-19-17(12-16)13-20(28-19)22(26)24-9-2-3-10-24/h4-6,11,13,16H,2-3,7-10,12,14H2,1H3,(H,23,25). The van der Waals surface area contributed by atoms with Crippen molar-refractivity contribution in [1.82, 2.24) is 10.2 Å². The van der Waals surface area contributed by atoms with Gasteiger partial charge in [-0.15, -0.1) is 11.3 Å². The van der Waals surface area contributed by atoms with Gasteiger partial charge in [0.25, 0.3) is 5.91 Å². The van der Waals surface area contributed by atoms with Crippen molar-refractivity contribution in [3.63, 3.8) is 0 Å². The lowest BCUT2D eigenvalue weighted by Crippen LogP contribution is -2.33. The Labute approximate surface area is 169 Å². The van der Waals surface area contributed by atoms with Crippen molar-refractivity contribution in [3.05, 3.63) is 51.2 Å². The molecule has 1 aromatic carbocycles. The third kappa shape index (κ3) is 4.07. The van der Waals surface area contributed by atoms with E-state index in [2.05, 4.69) is 5.32 Å². The zero-order valence-electron chi connectivity index (χ0n) is 16.2. The van der Waals surface area contributed by atoms with Gasteiger partial charge >= 0.3 is 0 Å². The monoisotopic (exact) mass is 398 g/mol. The van der Waals surface area contributed by atoms with E-state index in [1.807, 2.05) is 35.2 Å². The van der Waals surface area contributed by atoms with Crippen LogP contribution < -0.4 is 10.1 Å². The Morgan fingerprint density at radius 2 is 2.07 bits per heavy atom. The number of benzene rings is 1. The van der Waals surface area contributed by atoms with E-state index in [0.717, 1.165) is 61.4 Å². The molecule has 1 atom stereocenters. The summed E-state index contributed by atoms with van der Waals surface area (Å²) in [5, 5.41) is 3.06. The van der Waals surface area contributed by atoms with Gasteiger partial charge in [0, 0.05) is 30.4 Å². The zero-order valence-corrected chi connectivity index (χ0v) is 17.0. The van der Waals surface area contributed by atoms with Crippen LogP contribution in [0.4, 0.5) is 0 Å². The molecule has 4 rings (SSSR count). The van der Waals surface area contributed by atoms with Crippen LogP contribution in [0.15, 0.2) is 30.3 Å². The Morgan fingerprint density at radius 3 is 2.86 bits per heavy atom. The van der Waals surface area contributed by atoms with Gasteiger partial charge in [-0.2, -0.15) is 0 Å². The molecule has 2 heterocycles. The van der Waals surface area contributed by atoms with Crippen molar-refractivity contribution in [2.45, 2.75) is 38.6 Å². The predicted molar refractivity (Wildman–Crippen MR) is 110 cm³/mol. The summed E-state index contributed by atoms with van der Waals surface area (Å²) in [6.45, 7) is 2.25. The Balaban J connectivity index is 1.36. The summed E-state index contributed by atoms with van der Waals surface area (Å²) in [6.07, 6.45) is 4.65. The summed E-state index contributed by atoms with van der Waals surface area (Å²) in [7, 11) is 1.64. The van der Waals surface area contributed by atoms with Gasteiger partial charge in [-0.1, -0.05) is 12.1 Å². The highest BCUT2D eigenvalue weighted by atomic mass is 32.1. The normalized spacial score (nSPS) is 18.6. The van der Waals surface area contributed by atoms with Gasteiger partial charge in [0.05, 0.1) is 12.0 Å². The van der Waals surface area contributed by atoms with Crippen LogP contribution in [-0.2, 0) is 24.2 Å². The average molecular weight is 399 g/mol. The van der Waals surface area contributed by atoms with Crippen LogP contribution in [0.2, 0.25) is 0 Å². The van der Waals surface area contributed by atoms with E-state index < -0.39 is 0 Å².